The molecule has 0 bridgehead atoms. The quantitative estimate of drug-likeness (QED) is 0.867. The van der Waals surface area contributed by atoms with Crippen molar-refractivity contribution < 1.29 is 4.79 Å². The highest BCUT2D eigenvalue weighted by atomic mass is 16.2. The number of aryl methyl sites for hydroxylation is 2. The fourth-order valence-corrected chi connectivity index (χ4v) is 2.28. The van der Waals surface area contributed by atoms with Gasteiger partial charge in [0.15, 0.2) is 5.82 Å². The second-order valence-corrected chi connectivity index (χ2v) is 7.26. The van der Waals surface area contributed by atoms with Crippen LogP contribution < -0.4 is 10.4 Å². The topological polar surface area (TPSA) is 81.9 Å². The minimum absolute atomic E-state index is 0.0819. The van der Waals surface area contributed by atoms with Gasteiger partial charge >= 0.3 is 0 Å². The van der Waals surface area contributed by atoms with E-state index in [9.17, 15) is 4.79 Å². The number of amides is 1. The molecule has 0 radical (unpaired) electrons. The molecule has 1 N–H and O–H groups in total. The Hall–Kier alpha value is -2.94. The number of rotatable bonds is 4. The Morgan fingerprint density at radius 1 is 1.20 bits per heavy atom. The molecule has 1 amide bonds. The molecule has 2 aromatic rings. The first-order chi connectivity index (χ1) is 11.7. The van der Waals surface area contributed by atoms with Crippen molar-refractivity contribution in [2.75, 3.05) is 11.6 Å². The third kappa shape index (κ3) is 5.28. The summed E-state index contributed by atoms with van der Waals surface area (Å²) in [6.45, 7) is 10.5. The van der Waals surface area contributed by atoms with Crippen LogP contribution in [0.2, 0.25) is 0 Å². The maximum atomic E-state index is 12.6. The zero-order chi connectivity index (χ0) is 18.6. The highest BCUT2D eigenvalue weighted by Gasteiger charge is 2.21. The fourth-order valence-electron chi connectivity index (χ4n) is 2.28. The van der Waals surface area contributed by atoms with Crippen LogP contribution in [0.4, 0.5) is 5.82 Å². The van der Waals surface area contributed by atoms with Crippen LogP contribution in [0.3, 0.4) is 0 Å². The fraction of sp³-hybridized carbons (Fsp3) is 0.368. The lowest BCUT2D eigenvalue weighted by atomic mass is 9.96. The molecule has 1 aromatic carbocycles. The lowest BCUT2D eigenvalue weighted by Crippen LogP contribution is -2.47. The van der Waals surface area contributed by atoms with Crippen molar-refractivity contribution in [2.45, 2.75) is 34.6 Å². The predicted octanol–water partition coefficient (Wildman–Crippen LogP) is 3.16. The SMILES string of the molecule is Cc1ccc(C(=O)NN(CC(C)(C)C)c2cc(C)nc(C#N)n2)cc1. The van der Waals surface area contributed by atoms with Gasteiger partial charge in [0.2, 0.25) is 5.82 Å². The summed E-state index contributed by atoms with van der Waals surface area (Å²) < 4.78 is 0. The van der Waals surface area contributed by atoms with Gasteiger partial charge in [-0.2, -0.15) is 10.2 Å². The van der Waals surface area contributed by atoms with E-state index < -0.39 is 0 Å². The minimum Gasteiger partial charge on any atom is -0.267 e. The molecule has 0 aliphatic carbocycles. The molecule has 2 rings (SSSR count). The molecular weight excluding hydrogens is 314 g/mol. The summed E-state index contributed by atoms with van der Waals surface area (Å²) in [5.74, 6) is 0.358. The van der Waals surface area contributed by atoms with Crippen molar-refractivity contribution in [3.63, 3.8) is 0 Å². The van der Waals surface area contributed by atoms with E-state index in [2.05, 4.69) is 36.2 Å². The molecule has 0 saturated carbocycles. The molecule has 6 heteroatoms. The average molecular weight is 337 g/mol. The number of nitrogens with zero attached hydrogens (tertiary/aromatic N) is 4. The van der Waals surface area contributed by atoms with Crippen molar-refractivity contribution in [3.05, 3.63) is 53.0 Å². The number of hydrazine groups is 1. The summed E-state index contributed by atoms with van der Waals surface area (Å²) in [4.78, 5) is 20.9. The lowest BCUT2D eigenvalue weighted by molar-refractivity contribution is 0.0945. The molecule has 0 spiro atoms. The number of benzene rings is 1. The van der Waals surface area contributed by atoms with E-state index in [-0.39, 0.29) is 17.1 Å². The zero-order valence-electron chi connectivity index (χ0n) is 15.3. The van der Waals surface area contributed by atoms with E-state index in [4.69, 9.17) is 5.26 Å². The molecule has 0 aliphatic rings. The van der Waals surface area contributed by atoms with E-state index in [0.29, 0.717) is 23.6 Å². The first kappa shape index (κ1) is 18.4. The summed E-state index contributed by atoms with van der Waals surface area (Å²) in [5.41, 5.74) is 5.14. The van der Waals surface area contributed by atoms with E-state index in [1.54, 1.807) is 30.1 Å². The number of nitrogens with one attached hydrogen (secondary N) is 1. The van der Waals surface area contributed by atoms with Crippen LogP contribution in [-0.2, 0) is 0 Å². The van der Waals surface area contributed by atoms with Crippen LogP contribution in [0.5, 0.6) is 0 Å². The highest BCUT2D eigenvalue weighted by Crippen LogP contribution is 2.19. The second-order valence-electron chi connectivity index (χ2n) is 7.26. The first-order valence-corrected chi connectivity index (χ1v) is 8.09. The average Bonchev–Trinajstić information content (AvgIpc) is 2.52. The van der Waals surface area contributed by atoms with Crippen molar-refractivity contribution in [1.82, 2.24) is 15.4 Å². The van der Waals surface area contributed by atoms with Crippen LogP contribution in [0.15, 0.2) is 30.3 Å². The molecular formula is C19H23N5O. The summed E-state index contributed by atoms with van der Waals surface area (Å²) >= 11 is 0. The Balaban J connectivity index is 2.33. The van der Waals surface area contributed by atoms with Gasteiger partial charge in [-0.05, 0) is 31.4 Å². The van der Waals surface area contributed by atoms with Gasteiger partial charge in [-0.1, -0.05) is 38.5 Å². The number of aromatic nitrogens is 2. The van der Waals surface area contributed by atoms with Gasteiger partial charge in [0.25, 0.3) is 5.91 Å². The number of anilines is 1. The Labute approximate surface area is 148 Å². The van der Waals surface area contributed by atoms with Gasteiger partial charge in [-0.15, -0.1) is 0 Å². The van der Waals surface area contributed by atoms with Gasteiger partial charge in [0, 0.05) is 23.9 Å². The third-order valence-electron chi connectivity index (χ3n) is 3.40. The van der Waals surface area contributed by atoms with E-state index in [0.717, 1.165) is 5.56 Å². The molecule has 25 heavy (non-hydrogen) atoms. The maximum absolute atomic E-state index is 12.6. The molecule has 0 unspecified atom stereocenters. The molecule has 0 atom stereocenters. The smallest absolute Gasteiger partial charge is 0.267 e. The molecule has 1 heterocycles. The Kier molecular flexibility index (Phi) is 5.38. The number of carbonyl (C=O) groups excluding carboxylic acids is 1. The van der Waals surface area contributed by atoms with Crippen LogP contribution >= 0.6 is 0 Å². The van der Waals surface area contributed by atoms with Gasteiger partial charge < -0.3 is 0 Å². The second kappa shape index (κ2) is 7.31. The van der Waals surface area contributed by atoms with Crippen molar-refractivity contribution in [3.8, 4) is 6.07 Å². The summed E-state index contributed by atoms with van der Waals surface area (Å²) in [6.07, 6.45) is 0. The standard InChI is InChI=1S/C19H23N5O/c1-13-6-8-15(9-7-13)18(25)23-24(12-19(3,4)5)17-10-14(2)21-16(11-20)22-17/h6-10H,12H2,1-5H3,(H,23,25). The maximum Gasteiger partial charge on any atom is 0.269 e. The molecule has 0 saturated heterocycles. The van der Waals surface area contributed by atoms with Crippen molar-refractivity contribution in [1.29, 1.82) is 5.26 Å². The third-order valence-corrected chi connectivity index (χ3v) is 3.40. The predicted molar refractivity (Wildman–Crippen MR) is 96.9 cm³/mol. The molecule has 130 valence electrons. The first-order valence-electron chi connectivity index (χ1n) is 8.09. The minimum atomic E-state index is -0.223. The molecule has 0 aliphatic heterocycles. The van der Waals surface area contributed by atoms with E-state index in [1.807, 2.05) is 25.1 Å². The monoisotopic (exact) mass is 337 g/mol. The van der Waals surface area contributed by atoms with Crippen LogP contribution in [0, 0.1) is 30.6 Å². The molecule has 0 fully saturated rings. The summed E-state index contributed by atoms with van der Waals surface area (Å²) in [6, 6.07) is 11.1. The number of nitriles is 1. The molecule has 6 nitrogen and oxygen atoms in total. The Morgan fingerprint density at radius 2 is 1.84 bits per heavy atom. The molecule has 1 aromatic heterocycles. The van der Waals surface area contributed by atoms with Gasteiger partial charge in [0.05, 0.1) is 0 Å². The normalized spacial score (nSPS) is 10.9. The Bertz CT molecular complexity index is 800. The lowest BCUT2D eigenvalue weighted by Gasteiger charge is -2.31. The van der Waals surface area contributed by atoms with Gasteiger partial charge in [0.1, 0.15) is 6.07 Å². The number of hydrogen-bond acceptors (Lipinski definition) is 5. The largest absolute Gasteiger partial charge is 0.269 e. The van der Waals surface area contributed by atoms with Crippen LogP contribution in [0.1, 0.15) is 48.2 Å². The van der Waals surface area contributed by atoms with E-state index in [1.165, 1.54) is 0 Å². The number of hydrogen-bond donors (Lipinski definition) is 1. The Morgan fingerprint density at radius 3 is 2.40 bits per heavy atom. The van der Waals surface area contributed by atoms with Gasteiger partial charge in [-0.3, -0.25) is 15.2 Å². The van der Waals surface area contributed by atoms with E-state index >= 15 is 0 Å². The highest BCUT2D eigenvalue weighted by molar-refractivity contribution is 5.95. The summed E-state index contributed by atoms with van der Waals surface area (Å²) in [7, 11) is 0. The van der Waals surface area contributed by atoms with Gasteiger partial charge in [-0.25, -0.2) is 4.98 Å². The van der Waals surface area contributed by atoms with Crippen LogP contribution in [0.25, 0.3) is 0 Å². The van der Waals surface area contributed by atoms with Crippen LogP contribution in [-0.4, -0.2) is 22.4 Å². The zero-order valence-corrected chi connectivity index (χ0v) is 15.3. The van der Waals surface area contributed by atoms with Crippen molar-refractivity contribution in [2.24, 2.45) is 5.41 Å². The summed E-state index contributed by atoms with van der Waals surface area (Å²) in [5, 5.41) is 10.8. The van der Waals surface area contributed by atoms with Crippen molar-refractivity contribution >= 4 is 11.7 Å². The number of carbonyl (C=O) groups is 1.